The summed E-state index contributed by atoms with van der Waals surface area (Å²) in [6.45, 7) is 1.47. The fourth-order valence-electron chi connectivity index (χ4n) is 1.72. The lowest BCUT2D eigenvalue weighted by molar-refractivity contribution is 0.0393. The van der Waals surface area contributed by atoms with E-state index < -0.39 is 24.1 Å². The molecule has 0 fully saturated rings. The Hall–Kier alpha value is -2.02. The highest BCUT2D eigenvalue weighted by atomic mass is 79.9. The lowest BCUT2D eigenvalue weighted by Gasteiger charge is -2.03. The van der Waals surface area contributed by atoms with Crippen molar-refractivity contribution >= 4 is 27.9 Å². The highest BCUT2D eigenvalue weighted by Crippen LogP contribution is 2.21. The van der Waals surface area contributed by atoms with Crippen molar-refractivity contribution in [3.63, 3.8) is 0 Å². The minimum atomic E-state index is -2.73. The molecule has 1 N–H and O–H groups in total. The molecule has 0 aliphatic carbocycles. The van der Waals surface area contributed by atoms with E-state index in [1.165, 1.54) is 19.1 Å². The third-order valence-corrected chi connectivity index (χ3v) is 3.21. The first-order valence-corrected chi connectivity index (χ1v) is 6.67. The Morgan fingerprint density at radius 2 is 1.95 bits per heavy atom. The van der Waals surface area contributed by atoms with E-state index in [2.05, 4.69) is 25.7 Å². The van der Waals surface area contributed by atoms with Crippen molar-refractivity contribution < 1.29 is 23.1 Å². The second-order valence-corrected chi connectivity index (χ2v) is 5.19. The van der Waals surface area contributed by atoms with E-state index in [1.54, 1.807) is 12.1 Å². The largest absolute Gasteiger partial charge is 0.385 e. The van der Waals surface area contributed by atoms with Gasteiger partial charge in [-0.1, -0.05) is 22.0 Å². The van der Waals surface area contributed by atoms with Crippen LogP contribution in [0.4, 0.5) is 8.78 Å². The summed E-state index contributed by atoms with van der Waals surface area (Å²) in [5.41, 5.74) is -0.0867. The predicted octanol–water partition coefficient (Wildman–Crippen LogP) is 4.02. The van der Waals surface area contributed by atoms with Crippen LogP contribution < -0.4 is 0 Å². The van der Waals surface area contributed by atoms with Crippen molar-refractivity contribution in [3.05, 3.63) is 57.3 Å². The highest BCUT2D eigenvalue weighted by Gasteiger charge is 2.21. The number of aryl methyl sites for hydroxylation is 1. The summed E-state index contributed by atoms with van der Waals surface area (Å²) < 4.78 is 30.4. The number of nitrogens with one attached hydrogen (secondary N) is 1. The maximum atomic E-state index is 12.5. The smallest absolute Gasteiger partial charge is 0.362 e. The number of esters is 2. The first-order valence-electron chi connectivity index (χ1n) is 5.88. The fourth-order valence-corrected chi connectivity index (χ4v) is 2.12. The molecular weight excluding hydrogens is 348 g/mol. The molecule has 21 heavy (non-hydrogen) atoms. The number of rotatable bonds is 3. The summed E-state index contributed by atoms with van der Waals surface area (Å²) in [7, 11) is 0. The number of H-pyrrole nitrogens is 1. The van der Waals surface area contributed by atoms with Gasteiger partial charge in [0.25, 0.3) is 6.43 Å². The van der Waals surface area contributed by atoms with Gasteiger partial charge in [0, 0.05) is 4.47 Å². The van der Waals surface area contributed by atoms with Crippen LogP contribution in [0.5, 0.6) is 0 Å². The molecule has 0 saturated carbocycles. The van der Waals surface area contributed by atoms with Gasteiger partial charge in [0.1, 0.15) is 5.69 Å². The molecule has 0 saturated heterocycles. The van der Waals surface area contributed by atoms with E-state index in [9.17, 15) is 18.4 Å². The Bertz CT molecular complexity index is 697. The van der Waals surface area contributed by atoms with Gasteiger partial charge < -0.3 is 9.72 Å². The topological polar surface area (TPSA) is 59.2 Å². The molecule has 0 unspecified atom stereocenters. The molecule has 0 bridgehead atoms. The van der Waals surface area contributed by atoms with E-state index >= 15 is 0 Å². The van der Waals surface area contributed by atoms with Gasteiger partial charge in [-0.05, 0) is 36.8 Å². The van der Waals surface area contributed by atoms with Gasteiger partial charge in [0.15, 0.2) is 0 Å². The fraction of sp³-hybridized carbons (Fsp3) is 0.143. The summed E-state index contributed by atoms with van der Waals surface area (Å²) in [6, 6.07) is 7.43. The van der Waals surface area contributed by atoms with Gasteiger partial charge in [-0.15, -0.1) is 0 Å². The van der Waals surface area contributed by atoms with E-state index in [4.69, 9.17) is 0 Å². The van der Waals surface area contributed by atoms with Crippen molar-refractivity contribution in [2.45, 2.75) is 13.3 Å². The lowest BCUT2D eigenvalue weighted by atomic mass is 10.2. The Balaban J connectivity index is 2.16. The van der Waals surface area contributed by atoms with E-state index in [0.717, 1.165) is 6.07 Å². The molecule has 0 radical (unpaired) electrons. The molecule has 0 spiro atoms. The Labute approximate surface area is 127 Å². The number of hydrogen-bond acceptors (Lipinski definition) is 3. The number of hydrogen-bond donors (Lipinski definition) is 1. The summed E-state index contributed by atoms with van der Waals surface area (Å²) in [6.07, 6.45) is -2.73. The predicted molar refractivity (Wildman–Crippen MR) is 74.4 cm³/mol. The second-order valence-electron chi connectivity index (χ2n) is 4.27. The standard InChI is InChI=1S/C14H10BrF2NO3/c1-7-5-10(12(16)17)18-11(7)14(20)21-13(19)8-3-2-4-9(15)6-8/h2-6,12,18H,1H3. The molecule has 110 valence electrons. The third kappa shape index (κ3) is 3.55. The lowest BCUT2D eigenvalue weighted by Crippen LogP contribution is -2.14. The van der Waals surface area contributed by atoms with Crippen molar-refractivity contribution in [3.8, 4) is 0 Å². The van der Waals surface area contributed by atoms with Crippen LogP contribution in [-0.2, 0) is 4.74 Å². The van der Waals surface area contributed by atoms with E-state index in [0.29, 0.717) is 4.47 Å². The number of alkyl halides is 2. The van der Waals surface area contributed by atoms with Crippen LogP contribution in [0, 0.1) is 6.92 Å². The molecule has 0 aliphatic rings. The van der Waals surface area contributed by atoms with Crippen molar-refractivity contribution in [1.29, 1.82) is 0 Å². The SMILES string of the molecule is Cc1cc(C(F)F)[nH]c1C(=O)OC(=O)c1cccc(Br)c1. The zero-order chi connectivity index (χ0) is 15.6. The molecule has 7 heteroatoms. The molecule has 1 aromatic carbocycles. The first kappa shape index (κ1) is 15.4. The Morgan fingerprint density at radius 3 is 2.52 bits per heavy atom. The van der Waals surface area contributed by atoms with Crippen LogP contribution in [0.3, 0.4) is 0 Å². The molecule has 0 atom stereocenters. The average Bonchev–Trinajstić information content (AvgIpc) is 2.81. The summed E-state index contributed by atoms with van der Waals surface area (Å²) >= 11 is 3.19. The Morgan fingerprint density at radius 1 is 1.24 bits per heavy atom. The van der Waals surface area contributed by atoms with Crippen LogP contribution in [-0.4, -0.2) is 16.9 Å². The van der Waals surface area contributed by atoms with Crippen molar-refractivity contribution in [2.24, 2.45) is 0 Å². The maximum Gasteiger partial charge on any atom is 0.362 e. The number of ether oxygens (including phenoxy) is 1. The van der Waals surface area contributed by atoms with Crippen LogP contribution in [0.1, 0.15) is 38.5 Å². The van der Waals surface area contributed by atoms with Crippen LogP contribution in [0.2, 0.25) is 0 Å². The molecule has 2 aromatic rings. The van der Waals surface area contributed by atoms with E-state index in [1.807, 2.05) is 0 Å². The monoisotopic (exact) mass is 357 g/mol. The zero-order valence-corrected chi connectivity index (χ0v) is 12.4. The summed E-state index contributed by atoms with van der Waals surface area (Å²) in [4.78, 5) is 25.9. The minimum Gasteiger partial charge on any atom is -0.385 e. The van der Waals surface area contributed by atoms with Gasteiger partial charge in [-0.25, -0.2) is 18.4 Å². The van der Waals surface area contributed by atoms with Crippen molar-refractivity contribution in [1.82, 2.24) is 4.98 Å². The Kier molecular flexibility index (Phi) is 4.52. The van der Waals surface area contributed by atoms with Crippen LogP contribution >= 0.6 is 15.9 Å². The molecule has 4 nitrogen and oxygen atoms in total. The molecule has 1 aromatic heterocycles. The second kappa shape index (κ2) is 6.17. The number of aromatic nitrogens is 1. The maximum absolute atomic E-state index is 12.5. The number of carbonyl (C=O) groups is 2. The number of aromatic amines is 1. The molecule has 1 heterocycles. The zero-order valence-electron chi connectivity index (χ0n) is 10.8. The number of carbonyl (C=O) groups excluding carboxylic acids is 2. The molecule has 0 aliphatic heterocycles. The molecular formula is C14H10BrF2NO3. The molecule has 2 rings (SSSR count). The van der Waals surface area contributed by atoms with Gasteiger partial charge in [0.2, 0.25) is 0 Å². The molecule has 0 amide bonds. The number of halogens is 3. The normalized spacial score (nSPS) is 10.7. The van der Waals surface area contributed by atoms with Gasteiger partial charge >= 0.3 is 11.9 Å². The van der Waals surface area contributed by atoms with E-state index in [-0.39, 0.29) is 16.8 Å². The van der Waals surface area contributed by atoms with Gasteiger partial charge in [-0.3, -0.25) is 0 Å². The summed E-state index contributed by atoms with van der Waals surface area (Å²) in [5.74, 6) is -1.85. The highest BCUT2D eigenvalue weighted by molar-refractivity contribution is 9.10. The third-order valence-electron chi connectivity index (χ3n) is 2.72. The van der Waals surface area contributed by atoms with Gasteiger partial charge in [-0.2, -0.15) is 0 Å². The average molecular weight is 358 g/mol. The van der Waals surface area contributed by atoms with Crippen LogP contribution in [0.25, 0.3) is 0 Å². The van der Waals surface area contributed by atoms with Gasteiger partial charge in [0.05, 0.1) is 11.3 Å². The first-order chi connectivity index (χ1) is 9.88. The number of benzene rings is 1. The minimum absolute atomic E-state index is 0.159. The van der Waals surface area contributed by atoms with Crippen molar-refractivity contribution in [2.75, 3.05) is 0 Å². The summed E-state index contributed by atoms with van der Waals surface area (Å²) in [5, 5.41) is 0. The van der Waals surface area contributed by atoms with Crippen LogP contribution in [0.15, 0.2) is 34.8 Å². The quantitative estimate of drug-likeness (QED) is 0.666.